The number of imide groups is 1. The van der Waals surface area contributed by atoms with Crippen LogP contribution in [0, 0.1) is 0 Å². The van der Waals surface area contributed by atoms with E-state index in [-0.39, 0.29) is 5.91 Å². The van der Waals surface area contributed by atoms with Crippen molar-refractivity contribution in [2.75, 3.05) is 0 Å². The summed E-state index contributed by atoms with van der Waals surface area (Å²) in [5.74, 6) is -0.390. The molecule has 2 amide bonds. The molecule has 0 bridgehead atoms. The van der Waals surface area contributed by atoms with E-state index in [1.165, 1.54) is 0 Å². The zero-order valence-electron chi connectivity index (χ0n) is 11.3. The second-order valence-corrected chi connectivity index (χ2v) is 5.50. The van der Waals surface area contributed by atoms with Crippen LogP contribution in [0.1, 0.15) is 37.9 Å². The van der Waals surface area contributed by atoms with E-state index in [4.69, 9.17) is 4.74 Å². The summed E-state index contributed by atoms with van der Waals surface area (Å²) in [6.07, 6.45) is -0.719. The first kappa shape index (κ1) is 13.5. The lowest BCUT2D eigenvalue weighted by Gasteiger charge is -2.20. The highest BCUT2D eigenvalue weighted by atomic mass is 16.6. The van der Waals surface area contributed by atoms with Crippen molar-refractivity contribution >= 4 is 12.0 Å². The van der Waals surface area contributed by atoms with Gasteiger partial charge in [0.2, 0.25) is 0 Å². The molecule has 0 saturated heterocycles. The van der Waals surface area contributed by atoms with E-state index in [1.807, 2.05) is 24.3 Å². The van der Waals surface area contributed by atoms with Crippen molar-refractivity contribution in [3.63, 3.8) is 0 Å². The quantitative estimate of drug-likeness (QED) is 0.811. The highest BCUT2D eigenvalue weighted by molar-refractivity contribution is 5.96. The van der Waals surface area contributed by atoms with E-state index < -0.39 is 17.7 Å². The van der Waals surface area contributed by atoms with Gasteiger partial charge in [0.1, 0.15) is 11.6 Å². The molecule has 0 fully saturated rings. The fourth-order valence-corrected chi connectivity index (χ4v) is 2.01. The molecule has 2 N–H and O–H groups in total. The highest BCUT2D eigenvalue weighted by Crippen LogP contribution is 2.24. The topological polar surface area (TPSA) is 67.4 Å². The lowest BCUT2D eigenvalue weighted by Crippen LogP contribution is -2.41. The zero-order valence-corrected chi connectivity index (χ0v) is 11.3. The van der Waals surface area contributed by atoms with Crippen molar-refractivity contribution in [2.24, 2.45) is 0 Å². The minimum atomic E-state index is -0.719. The van der Waals surface area contributed by atoms with Gasteiger partial charge in [0.05, 0.1) is 0 Å². The molecule has 19 heavy (non-hydrogen) atoms. The van der Waals surface area contributed by atoms with Crippen molar-refractivity contribution < 1.29 is 14.3 Å². The predicted molar refractivity (Wildman–Crippen MR) is 70.4 cm³/mol. The van der Waals surface area contributed by atoms with Crippen LogP contribution in [-0.4, -0.2) is 17.6 Å². The summed E-state index contributed by atoms with van der Waals surface area (Å²) in [6.45, 7) is 5.88. The maximum absolute atomic E-state index is 12.0. The Balaban J connectivity index is 2.01. The molecule has 0 saturated carbocycles. The Kier molecular flexibility index (Phi) is 3.57. The largest absolute Gasteiger partial charge is 0.444 e. The Labute approximate surface area is 112 Å². The molecule has 0 aliphatic carbocycles. The van der Waals surface area contributed by atoms with Gasteiger partial charge >= 0.3 is 6.09 Å². The molecule has 5 nitrogen and oxygen atoms in total. The number of nitrogens with one attached hydrogen (secondary N) is 2. The van der Waals surface area contributed by atoms with Crippen molar-refractivity contribution in [3.8, 4) is 0 Å². The molecule has 0 radical (unpaired) electrons. The first-order valence-electron chi connectivity index (χ1n) is 6.22. The molecule has 1 aliphatic rings. The van der Waals surface area contributed by atoms with Crippen LogP contribution in [0.4, 0.5) is 4.79 Å². The van der Waals surface area contributed by atoms with Gasteiger partial charge in [-0.15, -0.1) is 0 Å². The number of carbonyl (C=O) groups excluding carboxylic acids is 2. The van der Waals surface area contributed by atoms with Crippen LogP contribution in [0.5, 0.6) is 0 Å². The molecule has 2 rings (SSSR count). The van der Waals surface area contributed by atoms with Crippen LogP contribution in [0.3, 0.4) is 0 Å². The SMILES string of the molecule is CC(C)(C)OC(=O)NC(=O)C1NCc2ccccc21. The normalized spacial score (nSPS) is 17.7. The molecule has 1 aliphatic heterocycles. The second kappa shape index (κ2) is 5.01. The summed E-state index contributed by atoms with van der Waals surface area (Å²) in [4.78, 5) is 23.6. The Bertz CT molecular complexity index is 506. The average molecular weight is 262 g/mol. The van der Waals surface area contributed by atoms with Crippen molar-refractivity contribution in [3.05, 3.63) is 35.4 Å². The Hall–Kier alpha value is -1.88. The maximum Gasteiger partial charge on any atom is 0.414 e. The van der Waals surface area contributed by atoms with Gasteiger partial charge in [0.15, 0.2) is 0 Å². The monoisotopic (exact) mass is 262 g/mol. The van der Waals surface area contributed by atoms with Crippen LogP contribution in [0.2, 0.25) is 0 Å². The summed E-state index contributed by atoms with van der Waals surface area (Å²) in [5, 5.41) is 5.33. The minimum Gasteiger partial charge on any atom is -0.444 e. The Morgan fingerprint density at radius 3 is 2.68 bits per heavy atom. The van der Waals surface area contributed by atoms with Crippen LogP contribution in [-0.2, 0) is 16.1 Å². The van der Waals surface area contributed by atoms with Crippen molar-refractivity contribution in [1.82, 2.24) is 10.6 Å². The van der Waals surface area contributed by atoms with Gasteiger partial charge in [-0.3, -0.25) is 15.4 Å². The van der Waals surface area contributed by atoms with Crippen LogP contribution < -0.4 is 10.6 Å². The lowest BCUT2D eigenvalue weighted by atomic mass is 10.0. The lowest BCUT2D eigenvalue weighted by molar-refractivity contribution is -0.122. The van der Waals surface area contributed by atoms with Crippen LogP contribution in [0.25, 0.3) is 0 Å². The van der Waals surface area contributed by atoms with Gasteiger partial charge in [-0.25, -0.2) is 4.79 Å². The maximum atomic E-state index is 12.0. The summed E-state index contributed by atoms with van der Waals surface area (Å²) in [7, 11) is 0. The molecule has 1 heterocycles. The van der Waals surface area contributed by atoms with Gasteiger partial charge in [0, 0.05) is 6.54 Å². The number of hydrogen-bond donors (Lipinski definition) is 2. The van der Waals surface area contributed by atoms with Gasteiger partial charge in [0.25, 0.3) is 5.91 Å². The molecule has 1 atom stereocenters. The van der Waals surface area contributed by atoms with Gasteiger partial charge in [-0.1, -0.05) is 24.3 Å². The fourth-order valence-electron chi connectivity index (χ4n) is 2.01. The standard InChI is InChI=1S/C14H18N2O3/c1-14(2,3)19-13(18)16-12(17)11-10-7-5-4-6-9(10)8-15-11/h4-7,11,15H,8H2,1-3H3,(H,16,17,18). The number of benzene rings is 1. The van der Waals surface area contributed by atoms with E-state index in [9.17, 15) is 9.59 Å². The minimum absolute atomic E-state index is 0.390. The van der Waals surface area contributed by atoms with Crippen molar-refractivity contribution in [1.29, 1.82) is 0 Å². The van der Waals surface area contributed by atoms with E-state index in [0.717, 1.165) is 11.1 Å². The number of carbonyl (C=O) groups is 2. The number of fused-ring (bicyclic) bond motifs is 1. The van der Waals surface area contributed by atoms with E-state index in [2.05, 4.69) is 10.6 Å². The van der Waals surface area contributed by atoms with Crippen molar-refractivity contribution in [2.45, 2.75) is 39.0 Å². The molecule has 102 valence electrons. The van der Waals surface area contributed by atoms with Gasteiger partial charge < -0.3 is 4.74 Å². The first-order valence-corrected chi connectivity index (χ1v) is 6.22. The highest BCUT2D eigenvalue weighted by Gasteiger charge is 2.29. The smallest absolute Gasteiger partial charge is 0.414 e. The molecule has 0 spiro atoms. The van der Waals surface area contributed by atoms with E-state index in [1.54, 1.807) is 20.8 Å². The zero-order chi connectivity index (χ0) is 14.0. The van der Waals surface area contributed by atoms with E-state index in [0.29, 0.717) is 6.54 Å². The number of amides is 2. The molecular formula is C14H18N2O3. The summed E-state index contributed by atoms with van der Waals surface area (Å²) < 4.78 is 5.06. The molecular weight excluding hydrogens is 244 g/mol. The molecule has 0 aromatic heterocycles. The number of rotatable bonds is 1. The summed E-state index contributed by atoms with van der Waals surface area (Å²) in [5.41, 5.74) is 1.36. The number of alkyl carbamates (subject to hydrolysis) is 1. The van der Waals surface area contributed by atoms with Crippen LogP contribution >= 0.6 is 0 Å². The summed E-state index contributed by atoms with van der Waals surface area (Å²) >= 11 is 0. The second-order valence-electron chi connectivity index (χ2n) is 5.50. The Morgan fingerprint density at radius 1 is 1.32 bits per heavy atom. The molecule has 1 aromatic rings. The fraction of sp³-hybridized carbons (Fsp3) is 0.429. The first-order chi connectivity index (χ1) is 8.87. The third kappa shape index (κ3) is 3.32. The number of hydrogen-bond acceptors (Lipinski definition) is 4. The van der Waals surface area contributed by atoms with Crippen LogP contribution in [0.15, 0.2) is 24.3 Å². The molecule has 1 unspecified atom stereocenters. The van der Waals surface area contributed by atoms with Gasteiger partial charge in [-0.2, -0.15) is 0 Å². The predicted octanol–water partition coefficient (Wildman–Crippen LogP) is 1.88. The molecule has 5 heteroatoms. The Morgan fingerprint density at radius 2 is 2.00 bits per heavy atom. The third-order valence-electron chi connectivity index (χ3n) is 2.75. The van der Waals surface area contributed by atoms with E-state index >= 15 is 0 Å². The summed E-state index contributed by atoms with van der Waals surface area (Å²) in [6, 6.07) is 7.15. The third-order valence-corrected chi connectivity index (χ3v) is 2.75. The van der Waals surface area contributed by atoms with Gasteiger partial charge in [-0.05, 0) is 31.9 Å². The molecule has 1 aromatic carbocycles. The average Bonchev–Trinajstić information content (AvgIpc) is 2.69. The number of ether oxygens (including phenoxy) is 1.